The first-order chi connectivity index (χ1) is 7.25. The van der Waals surface area contributed by atoms with Crippen LogP contribution in [-0.2, 0) is 13.6 Å². The van der Waals surface area contributed by atoms with E-state index in [1.165, 1.54) is 0 Å². The van der Waals surface area contributed by atoms with Crippen molar-refractivity contribution in [1.29, 1.82) is 0 Å². The molecule has 2 rings (SSSR count). The number of aromatic nitrogens is 4. The van der Waals surface area contributed by atoms with E-state index in [-0.39, 0.29) is 0 Å². The molecule has 0 fully saturated rings. The van der Waals surface area contributed by atoms with Crippen LogP contribution in [0.3, 0.4) is 0 Å². The number of hydrogen-bond donors (Lipinski definition) is 1. The molecule has 0 aromatic carbocycles. The average Bonchev–Trinajstić information content (AvgIpc) is 2.61. The standard InChI is InChI=1S/C9H10ClN5/c1-15-6-11-4-8(15)5-12-7-2-9(10)14-13-3-7/h2-4,6H,5H2,1H3,(H,12,14). The molecule has 1 N–H and O–H groups in total. The number of aryl methyl sites for hydroxylation is 1. The number of rotatable bonds is 3. The van der Waals surface area contributed by atoms with Gasteiger partial charge in [0.15, 0.2) is 5.15 Å². The van der Waals surface area contributed by atoms with Crippen LogP contribution >= 0.6 is 11.6 Å². The zero-order valence-corrected chi connectivity index (χ0v) is 8.94. The van der Waals surface area contributed by atoms with Crippen molar-refractivity contribution < 1.29 is 0 Å². The van der Waals surface area contributed by atoms with Gasteiger partial charge in [-0.25, -0.2) is 4.98 Å². The summed E-state index contributed by atoms with van der Waals surface area (Å²) in [6, 6.07) is 1.73. The summed E-state index contributed by atoms with van der Waals surface area (Å²) < 4.78 is 1.95. The smallest absolute Gasteiger partial charge is 0.153 e. The Hall–Kier alpha value is -1.62. The highest BCUT2D eigenvalue weighted by Crippen LogP contribution is 2.11. The predicted octanol–water partition coefficient (Wildman–Crippen LogP) is 1.48. The molecule has 0 saturated carbocycles. The molecule has 5 nitrogen and oxygen atoms in total. The third-order valence-corrected chi connectivity index (χ3v) is 2.20. The third-order valence-electron chi connectivity index (χ3n) is 2.01. The van der Waals surface area contributed by atoms with Crippen LogP contribution in [0, 0.1) is 0 Å². The van der Waals surface area contributed by atoms with Gasteiger partial charge in [-0.3, -0.25) is 0 Å². The van der Waals surface area contributed by atoms with Crippen molar-refractivity contribution in [1.82, 2.24) is 19.7 Å². The van der Waals surface area contributed by atoms with E-state index >= 15 is 0 Å². The molecule has 2 aromatic rings. The molecule has 6 heteroatoms. The van der Waals surface area contributed by atoms with E-state index in [9.17, 15) is 0 Å². The summed E-state index contributed by atoms with van der Waals surface area (Å²) in [6.45, 7) is 0.679. The van der Waals surface area contributed by atoms with Gasteiger partial charge in [-0.2, -0.15) is 5.10 Å². The largest absolute Gasteiger partial charge is 0.378 e. The molecule has 0 saturated heterocycles. The predicted molar refractivity (Wildman–Crippen MR) is 57.6 cm³/mol. The van der Waals surface area contributed by atoms with Crippen LogP contribution in [0.1, 0.15) is 5.69 Å². The lowest BCUT2D eigenvalue weighted by Crippen LogP contribution is -2.04. The molecule has 0 radical (unpaired) electrons. The summed E-state index contributed by atoms with van der Waals surface area (Å²) >= 11 is 5.71. The van der Waals surface area contributed by atoms with Crippen molar-refractivity contribution in [3.8, 4) is 0 Å². The topological polar surface area (TPSA) is 55.6 Å². The van der Waals surface area contributed by atoms with E-state index in [1.807, 2.05) is 17.8 Å². The molecule has 0 atom stereocenters. The van der Waals surface area contributed by atoms with Crippen LogP contribution in [0.5, 0.6) is 0 Å². The van der Waals surface area contributed by atoms with Gasteiger partial charge in [0.1, 0.15) is 0 Å². The molecule has 0 amide bonds. The molecular weight excluding hydrogens is 214 g/mol. The van der Waals surface area contributed by atoms with Crippen LogP contribution < -0.4 is 5.32 Å². The van der Waals surface area contributed by atoms with Crippen LogP contribution in [-0.4, -0.2) is 19.7 Å². The zero-order chi connectivity index (χ0) is 10.7. The Bertz CT molecular complexity index is 453. The maximum Gasteiger partial charge on any atom is 0.153 e. The highest BCUT2D eigenvalue weighted by atomic mass is 35.5. The highest BCUT2D eigenvalue weighted by molar-refractivity contribution is 6.29. The lowest BCUT2D eigenvalue weighted by atomic mass is 10.4. The average molecular weight is 224 g/mol. The van der Waals surface area contributed by atoms with Crippen LogP contribution in [0.15, 0.2) is 24.8 Å². The lowest BCUT2D eigenvalue weighted by Gasteiger charge is -2.05. The molecule has 0 aliphatic rings. The Morgan fingerprint density at radius 2 is 2.33 bits per heavy atom. The van der Waals surface area contributed by atoms with Gasteiger partial charge < -0.3 is 9.88 Å². The van der Waals surface area contributed by atoms with Crippen LogP contribution in [0.4, 0.5) is 5.69 Å². The van der Waals surface area contributed by atoms with Crippen molar-refractivity contribution in [2.24, 2.45) is 7.05 Å². The van der Waals surface area contributed by atoms with Gasteiger partial charge in [0, 0.05) is 19.3 Å². The Balaban J connectivity index is 2.02. The number of imidazole rings is 1. The normalized spacial score (nSPS) is 10.3. The molecule has 0 bridgehead atoms. The molecule has 2 heterocycles. The quantitative estimate of drug-likeness (QED) is 0.856. The highest BCUT2D eigenvalue weighted by Gasteiger charge is 1.99. The Morgan fingerprint density at radius 1 is 1.47 bits per heavy atom. The molecule has 0 spiro atoms. The molecular formula is C9H10ClN5. The van der Waals surface area contributed by atoms with Crippen LogP contribution in [0.2, 0.25) is 5.15 Å². The Morgan fingerprint density at radius 3 is 3.00 bits per heavy atom. The number of nitrogens with zero attached hydrogens (tertiary/aromatic N) is 4. The van der Waals surface area contributed by atoms with Gasteiger partial charge in [0.05, 0.1) is 30.5 Å². The number of nitrogens with one attached hydrogen (secondary N) is 1. The van der Waals surface area contributed by atoms with Gasteiger partial charge in [-0.15, -0.1) is 5.10 Å². The summed E-state index contributed by atoms with van der Waals surface area (Å²) in [7, 11) is 1.95. The maximum absolute atomic E-state index is 5.71. The van der Waals surface area contributed by atoms with Gasteiger partial charge in [-0.1, -0.05) is 11.6 Å². The molecule has 15 heavy (non-hydrogen) atoms. The van der Waals surface area contributed by atoms with Gasteiger partial charge in [-0.05, 0) is 0 Å². The first kappa shape index (κ1) is 9.92. The first-order valence-electron chi connectivity index (χ1n) is 4.43. The van der Waals surface area contributed by atoms with Crippen molar-refractivity contribution in [3.63, 3.8) is 0 Å². The van der Waals surface area contributed by atoms with E-state index in [1.54, 1.807) is 18.6 Å². The fourth-order valence-electron chi connectivity index (χ4n) is 1.18. The van der Waals surface area contributed by atoms with E-state index in [0.29, 0.717) is 11.7 Å². The second-order valence-electron chi connectivity index (χ2n) is 3.12. The van der Waals surface area contributed by atoms with Crippen molar-refractivity contribution in [2.75, 3.05) is 5.32 Å². The zero-order valence-electron chi connectivity index (χ0n) is 8.18. The van der Waals surface area contributed by atoms with E-state index in [2.05, 4.69) is 20.5 Å². The van der Waals surface area contributed by atoms with Gasteiger partial charge in [0.25, 0.3) is 0 Å². The number of hydrogen-bond acceptors (Lipinski definition) is 4. The van der Waals surface area contributed by atoms with Gasteiger partial charge in [0.2, 0.25) is 0 Å². The molecule has 78 valence electrons. The maximum atomic E-state index is 5.71. The number of halogens is 1. The van der Waals surface area contributed by atoms with Crippen molar-refractivity contribution in [2.45, 2.75) is 6.54 Å². The first-order valence-corrected chi connectivity index (χ1v) is 4.81. The summed E-state index contributed by atoms with van der Waals surface area (Å²) in [5.41, 5.74) is 1.93. The molecule has 0 aliphatic heterocycles. The summed E-state index contributed by atoms with van der Waals surface area (Å²) in [5, 5.41) is 11.0. The SMILES string of the molecule is Cn1cncc1CNc1cnnc(Cl)c1. The molecule has 2 aromatic heterocycles. The molecule has 0 unspecified atom stereocenters. The van der Waals surface area contributed by atoms with Crippen molar-refractivity contribution >= 4 is 17.3 Å². The second-order valence-corrected chi connectivity index (χ2v) is 3.50. The second kappa shape index (κ2) is 4.27. The minimum absolute atomic E-state index is 0.380. The van der Waals surface area contributed by atoms with Gasteiger partial charge >= 0.3 is 0 Å². The summed E-state index contributed by atoms with van der Waals surface area (Å²) in [4.78, 5) is 4.02. The van der Waals surface area contributed by atoms with Crippen LogP contribution in [0.25, 0.3) is 0 Å². The fraction of sp³-hybridized carbons (Fsp3) is 0.222. The summed E-state index contributed by atoms with van der Waals surface area (Å²) in [5.74, 6) is 0. The van der Waals surface area contributed by atoms with Crippen molar-refractivity contribution in [3.05, 3.63) is 35.6 Å². The van der Waals surface area contributed by atoms with E-state index < -0.39 is 0 Å². The number of anilines is 1. The monoisotopic (exact) mass is 223 g/mol. The molecule has 0 aliphatic carbocycles. The fourth-order valence-corrected chi connectivity index (χ4v) is 1.35. The summed E-state index contributed by atoms with van der Waals surface area (Å²) in [6.07, 6.45) is 5.19. The third kappa shape index (κ3) is 2.44. The van der Waals surface area contributed by atoms with E-state index in [4.69, 9.17) is 11.6 Å². The Labute approximate surface area is 92.1 Å². The lowest BCUT2D eigenvalue weighted by molar-refractivity contribution is 0.836. The minimum atomic E-state index is 0.380. The van der Waals surface area contributed by atoms with E-state index in [0.717, 1.165) is 11.4 Å². The Kier molecular flexibility index (Phi) is 2.82. The minimum Gasteiger partial charge on any atom is -0.378 e.